The lowest BCUT2D eigenvalue weighted by molar-refractivity contribution is 0.0153. The number of para-hydroxylation sites is 1. The van der Waals surface area contributed by atoms with Crippen LogP contribution in [0, 0.1) is 5.41 Å². The van der Waals surface area contributed by atoms with Crippen LogP contribution in [-0.4, -0.2) is 18.3 Å². The topological polar surface area (TPSA) is 38.0 Å². The summed E-state index contributed by atoms with van der Waals surface area (Å²) in [6.07, 6.45) is 1.71. The van der Waals surface area contributed by atoms with Crippen LogP contribution >= 0.6 is 0 Å². The summed E-state index contributed by atoms with van der Waals surface area (Å²) in [5.41, 5.74) is 6.19. The zero-order valence-corrected chi connectivity index (χ0v) is 11.5. The van der Waals surface area contributed by atoms with Gasteiger partial charge in [-0.1, -0.05) is 39.0 Å². The van der Waals surface area contributed by atoms with Gasteiger partial charge in [0.2, 0.25) is 0 Å². The quantitative estimate of drug-likeness (QED) is 0.846. The molecule has 2 atom stereocenters. The highest BCUT2D eigenvalue weighted by molar-refractivity contribution is 5.54. The first-order valence-electron chi connectivity index (χ1n) is 6.62. The Hall–Kier alpha value is -1.09. The molecule has 0 aromatic heterocycles. The molecule has 3 heteroatoms. The van der Waals surface area contributed by atoms with E-state index in [1.807, 2.05) is 39.0 Å². The molecule has 0 saturated heterocycles. The number of fused-ring (bicyclic) bond motifs is 1. The van der Waals surface area contributed by atoms with Crippen molar-refractivity contribution < 1.29 is 4.39 Å². The maximum atomic E-state index is 15.2. The van der Waals surface area contributed by atoms with Crippen LogP contribution in [0.2, 0.25) is 0 Å². The fourth-order valence-corrected chi connectivity index (χ4v) is 2.75. The molecule has 2 nitrogen and oxygen atoms in total. The van der Waals surface area contributed by atoms with Crippen molar-refractivity contribution in [1.82, 2.24) is 0 Å². The average Bonchev–Trinajstić information content (AvgIpc) is 2.35. The largest absolute Gasteiger partial charge is 0.379 e. The molecule has 3 N–H and O–H groups in total. The van der Waals surface area contributed by atoms with Crippen LogP contribution in [0.1, 0.15) is 32.8 Å². The molecule has 0 aliphatic carbocycles. The van der Waals surface area contributed by atoms with Crippen molar-refractivity contribution >= 4 is 5.69 Å². The molecule has 1 aliphatic rings. The van der Waals surface area contributed by atoms with Crippen molar-refractivity contribution in [2.45, 2.75) is 45.3 Å². The Balaban J connectivity index is 2.27. The van der Waals surface area contributed by atoms with Gasteiger partial charge in [0.1, 0.15) is 5.67 Å². The van der Waals surface area contributed by atoms with Crippen molar-refractivity contribution in [2.24, 2.45) is 11.1 Å². The normalized spacial score (nSPS) is 22.8. The number of halogens is 1. The van der Waals surface area contributed by atoms with E-state index in [0.29, 0.717) is 0 Å². The molecule has 2 rings (SSSR count). The second kappa shape index (κ2) is 4.54. The van der Waals surface area contributed by atoms with E-state index in [4.69, 9.17) is 5.73 Å². The molecular formula is C15H23FN2. The molecule has 0 bridgehead atoms. The third-order valence-corrected chi connectivity index (χ3v) is 4.15. The van der Waals surface area contributed by atoms with Crippen molar-refractivity contribution in [3.8, 4) is 0 Å². The number of aryl methyl sites for hydroxylation is 1. The lowest BCUT2D eigenvalue weighted by Crippen LogP contribution is -2.57. The summed E-state index contributed by atoms with van der Waals surface area (Å²) in [7, 11) is 0. The van der Waals surface area contributed by atoms with Crippen LogP contribution < -0.4 is 11.1 Å². The Morgan fingerprint density at radius 2 is 2.00 bits per heavy atom. The highest BCUT2D eigenvalue weighted by Gasteiger charge is 2.48. The van der Waals surface area contributed by atoms with Crippen LogP contribution in [0.3, 0.4) is 0 Å². The molecule has 0 fully saturated rings. The molecule has 0 radical (unpaired) electrons. The Morgan fingerprint density at radius 3 is 2.61 bits per heavy atom. The SMILES string of the molecule is CC(C)(C)C(F)(CN)C1CCc2ccccc2N1. The van der Waals surface area contributed by atoms with Gasteiger partial charge in [-0.2, -0.15) is 0 Å². The fourth-order valence-electron chi connectivity index (χ4n) is 2.75. The van der Waals surface area contributed by atoms with Gasteiger partial charge in [0, 0.05) is 12.2 Å². The number of nitrogens with one attached hydrogen (secondary N) is 1. The molecule has 2 unspecified atom stereocenters. The smallest absolute Gasteiger partial charge is 0.147 e. The van der Waals surface area contributed by atoms with Crippen molar-refractivity contribution in [3.63, 3.8) is 0 Å². The van der Waals surface area contributed by atoms with Crippen LogP contribution in [0.25, 0.3) is 0 Å². The van der Waals surface area contributed by atoms with E-state index in [1.165, 1.54) is 5.56 Å². The van der Waals surface area contributed by atoms with Crippen molar-refractivity contribution in [3.05, 3.63) is 29.8 Å². The Morgan fingerprint density at radius 1 is 1.33 bits per heavy atom. The monoisotopic (exact) mass is 250 g/mol. The predicted octanol–water partition coefficient (Wildman–Crippen LogP) is 3.13. The van der Waals surface area contributed by atoms with Crippen molar-refractivity contribution in [1.29, 1.82) is 0 Å². The third kappa shape index (κ3) is 2.12. The number of alkyl halides is 1. The van der Waals surface area contributed by atoms with Gasteiger partial charge in [-0.05, 0) is 29.9 Å². The second-order valence-electron chi connectivity index (χ2n) is 6.21. The number of anilines is 1. The molecule has 100 valence electrons. The van der Waals surface area contributed by atoms with Gasteiger partial charge < -0.3 is 11.1 Å². The van der Waals surface area contributed by atoms with E-state index in [-0.39, 0.29) is 12.6 Å². The summed E-state index contributed by atoms with van der Waals surface area (Å²) >= 11 is 0. The van der Waals surface area contributed by atoms with Crippen LogP contribution in [0.15, 0.2) is 24.3 Å². The highest BCUT2D eigenvalue weighted by Crippen LogP contribution is 2.41. The van der Waals surface area contributed by atoms with E-state index in [2.05, 4.69) is 11.4 Å². The molecule has 1 heterocycles. The standard InChI is InChI=1S/C15H23FN2/c1-14(2,3)15(16,10-17)13-9-8-11-6-4-5-7-12(11)18-13/h4-7,13,18H,8-10,17H2,1-3H3. The first-order chi connectivity index (χ1) is 8.38. The summed E-state index contributed by atoms with van der Waals surface area (Å²) in [6, 6.07) is 7.90. The summed E-state index contributed by atoms with van der Waals surface area (Å²) in [5.74, 6) is 0. The average molecular weight is 250 g/mol. The molecule has 0 spiro atoms. The summed E-state index contributed by atoms with van der Waals surface area (Å²) < 4.78 is 15.2. The molecular weight excluding hydrogens is 227 g/mol. The predicted molar refractivity (Wildman–Crippen MR) is 74.5 cm³/mol. The van der Waals surface area contributed by atoms with Gasteiger partial charge in [0.05, 0.1) is 6.04 Å². The molecule has 1 aromatic rings. The summed E-state index contributed by atoms with van der Waals surface area (Å²) in [6.45, 7) is 5.81. The Labute approximate surface area is 109 Å². The van der Waals surface area contributed by atoms with E-state index >= 15 is 4.39 Å². The molecule has 1 aliphatic heterocycles. The van der Waals surface area contributed by atoms with Gasteiger partial charge in [0.25, 0.3) is 0 Å². The van der Waals surface area contributed by atoms with E-state index in [1.54, 1.807) is 0 Å². The van der Waals surface area contributed by atoms with E-state index in [9.17, 15) is 0 Å². The van der Waals surface area contributed by atoms with Gasteiger partial charge in [-0.25, -0.2) is 4.39 Å². The first kappa shape index (κ1) is 13.3. The van der Waals surface area contributed by atoms with E-state index < -0.39 is 11.1 Å². The molecule has 0 amide bonds. The first-order valence-corrected chi connectivity index (χ1v) is 6.62. The number of nitrogens with two attached hydrogens (primary N) is 1. The molecule has 0 saturated carbocycles. The minimum atomic E-state index is -1.39. The van der Waals surface area contributed by atoms with Crippen LogP contribution in [0.4, 0.5) is 10.1 Å². The maximum Gasteiger partial charge on any atom is 0.147 e. The Kier molecular flexibility index (Phi) is 3.37. The number of benzene rings is 1. The third-order valence-electron chi connectivity index (χ3n) is 4.15. The number of rotatable bonds is 2. The zero-order chi connectivity index (χ0) is 13.4. The van der Waals surface area contributed by atoms with Crippen molar-refractivity contribution in [2.75, 3.05) is 11.9 Å². The number of hydrogen-bond donors (Lipinski definition) is 2. The minimum absolute atomic E-state index is 0.0519. The lowest BCUT2D eigenvalue weighted by Gasteiger charge is -2.45. The fraction of sp³-hybridized carbons (Fsp3) is 0.600. The summed E-state index contributed by atoms with van der Waals surface area (Å²) in [4.78, 5) is 0. The highest BCUT2D eigenvalue weighted by atomic mass is 19.1. The minimum Gasteiger partial charge on any atom is -0.379 e. The van der Waals surface area contributed by atoms with Crippen LogP contribution in [0.5, 0.6) is 0 Å². The molecule has 18 heavy (non-hydrogen) atoms. The maximum absolute atomic E-state index is 15.2. The van der Waals surface area contributed by atoms with E-state index in [0.717, 1.165) is 18.5 Å². The second-order valence-corrected chi connectivity index (χ2v) is 6.21. The number of hydrogen-bond acceptors (Lipinski definition) is 2. The van der Waals surface area contributed by atoms with Gasteiger partial charge in [-0.15, -0.1) is 0 Å². The van der Waals surface area contributed by atoms with Gasteiger partial charge in [-0.3, -0.25) is 0 Å². The van der Waals surface area contributed by atoms with Gasteiger partial charge >= 0.3 is 0 Å². The Bertz CT molecular complexity index is 425. The van der Waals surface area contributed by atoms with Crippen LogP contribution in [-0.2, 0) is 6.42 Å². The molecule has 1 aromatic carbocycles. The lowest BCUT2D eigenvalue weighted by atomic mass is 9.71. The van der Waals surface area contributed by atoms with Gasteiger partial charge in [0.15, 0.2) is 0 Å². The summed E-state index contributed by atoms with van der Waals surface area (Å²) in [5, 5.41) is 3.34. The zero-order valence-electron chi connectivity index (χ0n) is 11.5.